The van der Waals surface area contributed by atoms with Crippen molar-refractivity contribution in [1.29, 1.82) is 0 Å². The van der Waals surface area contributed by atoms with Crippen molar-refractivity contribution in [2.24, 2.45) is 0 Å². The van der Waals surface area contributed by atoms with Crippen LogP contribution in [0.3, 0.4) is 0 Å². The molecule has 1 unspecified atom stereocenters. The summed E-state index contributed by atoms with van der Waals surface area (Å²) in [5.74, 6) is 1.65. The monoisotopic (exact) mass is 314 g/mol. The van der Waals surface area contributed by atoms with Gasteiger partial charge in [-0.25, -0.2) is 14.8 Å². The Hall–Kier alpha value is -2.37. The Balaban J connectivity index is 1.87. The summed E-state index contributed by atoms with van der Waals surface area (Å²) >= 11 is 0. The molecule has 2 aromatic heterocycles. The number of ether oxygens (including phenoxy) is 1. The van der Waals surface area contributed by atoms with Crippen LogP contribution in [0.4, 0.5) is 10.6 Å². The molecule has 6 heteroatoms. The minimum atomic E-state index is -0.555. The van der Waals surface area contributed by atoms with Crippen LogP contribution in [0.15, 0.2) is 18.3 Å². The van der Waals surface area contributed by atoms with Crippen molar-refractivity contribution in [2.75, 3.05) is 5.32 Å². The van der Waals surface area contributed by atoms with Crippen molar-refractivity contribution in [1.82, 2.24) is 15.0 Å². The average Bonchev–Trinajstić information content (AvgIpc) is 3.00. The van der Waals surface area contributed by atoms with Crippen LogP contribution < -0.4 is 5.32 Å². The molecule has 23 heavy (non-hydrogen) atoms. The van der Waals surface area contributed by atoms with Gasteiger partial charge in [-0.3, -0.25) is 5.32 Å². The zero-order valence-corrected chi connectivity index (χ0v) is 13.9. The first-order chi connectivity index (χ1) is 10.8. The summed E-state index contributed by atoms with van der Waals surface area (Å²) < 4.78 is 5.29. The Morgan fingerprint density at radius 3 is 2.91 bits per heavy atom. The number of anilines is 1. The van der Waals surface area contributed by atoms with E-state index in [1.807, 2.05) is 32.9 Å². The second-order valence-electron chi connectivity index (χ2n) is 6.92. The second-order valence-corrected chi connectivity index (χ2v) is 6.92. The molecule has 0 aliphatic heterocycles. The van der Waals surface area contributed by atoms with E-state index in [2.05, 4.69) is 22.2 Å². The third-order valence-electron chi connectivity index (χ3n) is 3.79. The third kappa shape index (κ3) is 3.36. The number of H-pyrrole nitrogens is 1. The molecule has 2 heterocycles. The Labute approximate surface area is 135 Å². The van der Waals surface area contributed by atoms with Crippen LogP contribution in [0.25, 0.3) is 11.4 Å². The predicted octanol–water partition coefficient (Wildman–Crippen LogP) is 3.87. The van der Waals surface area contributed by atoms with Crippen LogP contribution in [0.5, 0.6) is 0 Å². The fourth-order valence-electron chi connectivity index (χ4n) is 2.74. The van der Waals surface area contributed by atoms with Crippen molar-refractivity contribution < 1.29 is 9.53 Å². The minimum absolute atomic E-state index is 0.446. The lowest BCUT2D eigenvalue weighted by Gasteiger charge is -2.19. The maximum Gasteiger partial charge on any atom is 0.413 e. The van der Waals surface area contributed by atoms with Crippen molar-refractivity contribution in [3.8, 4) is 11.4 Å². The van der Waals surface area contributed by atoms with Crippen LogP contribution >= 0.6 is 0 Å². The molecule has 2 N–H and O–H groups in total. The lowest BCUT2D eigenvalue weighted by Crippen LogP contribution is -2.27. The van der Waals surface area contributed by atoms with Gasteiger partial charge in [0.1, 0.15) is 17.2 Å². The lowest BCUT2D eigenvalue weighted by molar-refractivity contribution is 0.0635. The van der Waals surface area contributed by atoms with E-state index in [1.54, 1.807) is 6.20 Å². The van der Waals surface area contributed by atoms with E-state index in [-0.39, 0.29) is 0 Å². The summed E-state index contributed by atoms with van der Waals surface area (Å²) in [5, 5.41) is 2.71. The SMILES string of the molecule is CC1CCc2[nH]c(-c3cccnc3NC(=O)OC(C)(C)C)nc21. The van der Waals surface area contributed by atoms with Gasteiger partial charge in [0.05, 0.1) is 11.3 Å². The van der Waals surface area contributed by atoms with Gasteiger partial charge in [-0.05, 0) is 45.7 Å². The van der Waals surface area contributed by atoms with Gasteiger partial charge < -0.3 is 9.72 Å². The van der Waals surface area contributed by atoms with E-state index in [4.69, 9.17) is 9.72 Å². The standard InChI is InChI=1S/C17H22N4O2/c1-10-7-8-12-13(10)20-15(19-12)11-6-5-9-18-14(11)21-16(22)23-17(2,3)4/h5-6,9-10H,7-8H2,1-4H3,(H,19,20)(H,18,21,22). The first-order valence-corrected chi connectivity index (χ1v) is 7.87. The van der Waals surface area contributed by atoms with Crippen LogP contribution in [-0.2, 0) is 11.2 Å². The molecule has 0 saturated carbocycles. The fourth-order valence-corrected chi connectivity index (χ4v) is 2.74. The highest BCUT2D eigenvalue weighted by atomic mass is 16.6. The Kier molecular flexibility index (Phi) is 3.83. The summed E-state index contributed by atoms with van der Waals surface area (Å²) in [5.41, 5.74) is 2.51. The molecule has 1 aliphatic rings. The normalized spacial score (nSPS) is 17.0. The largest absolute Gasteiger partial charge is 0.444 e. The molecule has 6 nitrogen and oxygen atoms in total. The average molecular weight is 314 g/mol. The maximum absolute atomic E-state index is 12.0. The molecule has 0 spiro atoms. The molecule has 122 valence electrons. The van der Waals surface area contributed by atoms with E-state index in [9.17, 15) is 4.79 Å². The second kappa shape index (κ2) is 5.68. The number of fused-ring (bicyclic) bond motifs is 1. The van der Waals surface area contributed by atoms with Gasteiger partial charge in [0.25, 0.3) is 0 Å². The molecule has 2 aromatic rings. The number of aromatic nitrogens is 3. The Morgan fingerprint density at radius 2 is 2.22 bits per heavy atom. The molecule has 0 fully saturated rings. The Bertz CT molecular complexity index is 730. The minimum Gasteiger partial charge on any atom is -0.444 e. The molecule has 1 aliphatic carbocycles. The number of aromatic amines is 1. The summed E-state index contributed by atoms with van der Waals surface area (Å²) in [6.07, 6.45) is 3.25. The number of imidazole rings is 1. The van der Waals surface area contributed by atoms with E-state index >= 15 is 0 Å². The van der Waals surface area contributed by atoms with Crippen molar-refractivity contribution >= 4 is 11.9 Å². The van der Waals surface area contributed by atoms with Gasteiger partial charge in [-0.15, -0.1) is 0 Å². The van der Waals surface area contributed by atoms with Gasteiger partial charge in [0.2, 0.25) is 0 Å². The number of carbonyl (C=O) groups is 1. The smallest absolute Gasteiger partial charge is 0.413 e. The lowest BCUT2D eigenvalue weighted by atomic mass is 10.1. The number of nitrogens with one attached hydrogen (secondary N) is 2. The molecule has 1 atom stereocenters. The Morgan fingerprint density at radius 1 is 1.43 bits per heavy atom. The molecule has 0 saturated heterocycles. The number of aryl methyl sites for hydroxylation is 1. The van der Waals surface area contributed by atoms with Crippen LogP contribution in [0, 0.1) is 0 Å². The first kappa shape index (κ1) is 15.5. The molecular weight excluding hydrogens is 292 g/mol. The van der Waals surface area contributed by atoms with Crippen LogP contribution in [0.2, 0.25) is 0 Å². The van der Waals surface area contributed by atoms with Crippen molar-refractivity contribution in [2.45, 2.75) is 52.1 Å². The number of nitrogens with zero attached hydrogens (tertiary/aromatic N) is 2. The number of hydrogen-bond acceptors (Lipinski definition) is 4. The molecule has 0 radical (unpaired) electrons. The van der Waals surface area contributed by atoms with E-state index in [0.717, 1.165) is 29.9 Å². The van der Waals surface area contributed by atoms with E-state index in [1.165, 1.54) is 5.69 Å². The molecule has 0 bridgehead atoms. The third-order valence-corrected chi connectivity index (χ3v) is 3.79. The fraction of sp³-hybridized carbons (Fsp3) is 0.471. The summed E-state index contributed by atoms with van der Waals surface area (Å²) in [4.78, 5) is 24.3. The molecule has 0 aromatic carbocycles. The van der Waals surface area contributed by atoms with Crippen molar-refractivity contribution in [3.63, 3.8) is 0 Å². The van der Waals surface area contributed by atoms with Gasteiger partial charge >= 0.3 is 6.09 Å². The zero-order valence-electron chi connectivity index (χ0n) is 13.9. The first-order valence-electron chi connectivity index (χ1n) is 7.87. The predicted molar refractivity (Wildman–Crippen MR) is 88.4 cm³/mol. The number of amides is 1. The van der Waals surface area contributed by atoms with Crippen LogP contribution in [-0.4, -0.2) is 26.6 Å². The quantitative estimate of drug-likeness (QED) is 0.882. The van der Waals surface area contributed by atoms with Gasteiger partial charge in [0.15, 0.2) is 0 Å². The topological polar surface area (TPSA) is 79.9 Å². The molecular formula is C17H22N4O2. The highest BCUT2D eigenvalue weighted by molar-refractivity contribution is 5.88. The number of carbonyl (C=O) groups excluding carboxylic acids is 1. The number of hydrogen-bond donors (Lipinski definition) is 2. The van der Waals surface area contributed by atoms with Gasteiger partial charge in [-0.1, -0.05) is 6.92 Å². The van der Waals surface area contributed by atoms with Gasteiger partial charge in [-0.2, -0.15) is 0 Å². The summed E-state index contributed by atoms with van der Waals surface area (Å²) in [7, 11) is 0. The maximum atomic E-state index is 12.0. The number of pyridine rings is 1. The highest BCUT2D eigenvalue weighted by Gasteiger charge is 2.25. The molecule has 1 amide bonds. The van der Waals surface area contributed by atoms with Gasteiger partial charge in [0, 0.05) is 17.8 Å². The zero-order chi connectivity index (χ0) is 16.6. The van der Waals surface area contributed by atoms with E-state index < -0.39 is 11.7 Å². The van der Waals surface area contributed by atoms with Crippen LogP contribution in [0.1, 0.15) is 51.4 Å². The highest BCUT2D eigenvalue weighted by Crippen LogP contribution is 2.34. The number of rotatable bonds is 2. The summed E-state index contributed by atoms with van der Waals surface area (Å²) in [6.45, 7) is 7.65. The van der Waals surface area contributed by atoms with E-state index in [0.29, 0.717) is 11.7 Å². The molecule has 3 rings (SSSR count). The summed E-state index contributed by atoms with van der Waals surface area (Å²) in [6, 6.07) is 3.71. The van der Waals surface area contributed by atoms with Crippen molar-refractivity contribution in [3.05, 3.63) is 29.7 Å².